The Kier molecular flexibility index (Phi) is 8.77. The van der Waals surface area contributed by atoms with Crippen molar-refractivity contribution >= 4 is 12.0 Å². The lowest BCUT2D eigenvalue weighted by Crippen LogP contribution is -2.40. The number of carbonyl (C=O) groups excluding carboxylic acids is 2. The number of alkyl carbamates (subject to hydrolysis) is 1. The average Bonchev–Trinajstić information content (AvgIpc) is 2.59. The molecule has 0 bridgehead atoms. The van der Waals surface area contributed by atoms with Gasteiger partial charge in [0.25, 0.3) is 5.91 Å². The minimum absolute atomic E-state index is 0.0195. The average molecular weight is 372 g/mol. The SMILES string of the molecule is CC(C)(C)OC(=O)NC(C#N)COCc1cccc(C(=O)NCCC#N)c1. The fourth-order valence-corrected chi connectivity index (χ4v) is 1.99. The Hall–Kier alpha value is -3.10. The van der Waals surface area contributed by atoms with E-state index in [0.29, 0.717) is 5.56 Å². The molecule has 0 saturated heterocycles. The third kappa shape index (κ3) is 9.24. The molecule has 8 nitrogen and oxygen atoms in total. The number of hydrogen-bond acceptors (Lipinski definition) is 6. The maximum atomic E-state index is 12.0. The number of rotatable bonds is 8. The maximum absolute atomic E-state index is 12.0. The quantitative estimate of drug-likeness (QED) is 0.675. The van der Waals surface area contributed by atoms with Crippen molar-refractivity contribution in [3.63, 3.8) is 0 Å². The second kappa shape index (κ2) is 10.8. The van der Waals surface area contributed by atoms with Crippen molar-refractivity contribution in [2.24, 2.45) is 0 Å². The molecular weight excluding hydrogens is 348 g/mol. The lowest BCUT2D eigenvalue weighted by atomic mass is 10.1. The molecule has 1 aromatic rings. The van der Waals surface area contributed by atoms with Crippen LogP contribution in [0.1, 0.15) is 43.1 Å². The zero-order valence-corrected chi connectivity index (χ0v) is 15.7. The minimum atomic E-state index is -0.850. The molecule has 1 aromatic carbocycles. The molecule has 0 aliphatic carbocycles. The number of amides is 2. The van der Waals surface area contributed by atoms with Crippen LogP contribution >= 0.6 is 0 Å². The second-order valence-electron chi connectivity index (χ2n) is 6.71. The molecule has 0 heterocycles. The Morgan fingerprint density at radius 1 is 1.26 bits per heavy atom. The summed E-state index contributed by atoms with van der Waals surface area (Å²) >= 11 is 0. The Labute approximate surface area is 159 Å². The Morgan fingerprint density at radius 2 is 2.00 bits per heavy atom. The molecule has 144 valence electrons. The third-order valence-corrected chi connectivity index (χ3v) is 3.11. The Bertz CT molecular complexity index is 728. The van der Waals surface area contributed by atoms with Gasteiger partial charge in [0.1, 0.15) is 11.6 Å². The first kappa shape index (κ1) is 21.9. The summed E-state index contributed by atoms with van der Waals surface area (Å²) < 4.78 is 10.6. The molecular formula is C19H24N4O4. The summed E-state index contributed by atoms with van der Waals surface area (Å²) in [6, 6.07) is 9.88. The standard InChI is InChI=1S/C19H24N4O4/c1-19(2,3)27-18(25)23-16(11-21)13-26-12-14-6-4-7-15(10-14)17(24)22-9-5-8-20/h4,6-7,10,16H,5,9,12-13H2,1-3H3,(H,22,24)(H,23,25). The predicted octanol–water partition coefficient (Wildman–Crippen LogP) is 2.26. The van der Waals surface area contributed by atoms with Crippen LogP contribution in [0, 0.1) is 22.7 Å². The normalized spacial score (nSPS) is 11.6. The van der Waals surface area contributed by atoms with Crippen molar-refractivity contribution in [2.45, 2.75) is 45.4 Å². The van der Waals surface area contributed by atoms with Crippen molar-refractivity contribution in [2.75, 3.05) is 13.2 Å². The largest absolute Gasteiger partial charge is 0.444 e. The Morgan fingerprint density at radius 3 is 2.63 bits per heavy atom. The summed E-state index contributed by atoms with van der Waals surface area (Å²) in [4.78, 5) is 23.7. The molecule has 27 heavy (non-hydrogen) atoms. The first-order chi connectivity index (χ1) is 12.7. The van der Waals surface area contributed by atoms with E-state index in [1.54, 1.807) is 45.0 Å². The van der Waals surface area contributed by atoms with Crippen LogP contribution in [0.15, 0.2) is 24.3 Å². The number of nitrogens with one attached hydrogen (secondary N) is 2. The summed E-state index contributed by atoms with van der Waals surface area (Å²) in [5.41, 5.74) is 0.550. The van der Waals surface area contributed by atoms with Gasteiger partial charge in [-0.2, -0.15) is 10.5 Å². The summed E-state index contributed by atoms with van der Waals surface area (Å²) in [5.74, 6) is -0.270. The summed E-state index contributed by atoms with van der Waals surface area (Å²) in [7, 11) is 0. The third-order valence-electron chi connectivity index (χ3n) is 3.11. The topological polar surface area (TPSA) is 124 Å². The van der Waals surface area contributed by atoms with Gasteiger partial charge in [0.05, 0.1) is 31.8 Å². The van der Waals surface area contributed by atoms with Gasteiger partial charge >= 0.3 is 6.09 Å². The molecule has 0 radical (unpaired) electrons. The minimum Gasteiger partial charge on any atom is -0.444 e. The summed E-state index contributed by atoms with van der Waals surface area (Å²) in [5, 5.41) is 22.7. The fraction of sp³-hybridized carbons (Fsp3) is 0.474. The summed E-state index contributed by atoms with van der Waals surface area (Å²) in [6.45, 7) is 5.63. The van der Waals surface area contributed by atoms with E-state index in [0.717, 1.165) is 5.56 Å². The van der Waals surface area contributed by atoms with Crippen molar-refractivity contribution in [3.05, 3.63) is 35.4 Å². The lowest BCUT2D eigenvalue weighted by Gasteiger charge is -2.21. The molecule has 0 aromatic heterocycles. The van der Waals surface area contributed by atoms with Crippen LogP contribution in [0.4, 0.5) is 4.79 Å². The number of nitrogens with zero attached hydrogens (tertiary/aromatic N) is 2. The zero-order chi connectivity index (χ0) is 20.3. The van der Waals surface area contributed by atoms with Gasteiger partial charge in [0.2, 0.25) is 0 Å². The van der Waals surface area contributed by atoms with Crippen molar-refractivity contribution in [1.29, 1.82) is 10.5 Å². The molecule has 0 saturated carbocycles. The van der Waals surface area contributed by atoms with Crippen molar-refractivity contribution in [1.82, 2.24) is 10.6 Å². The van der Waals surface area contributed by atoms with Crippen molar-refractivity contribution < 1.29 is 19.1 Å². The molecule has 0 aliphatic rings. The molecule has 0 aliphatic heterocycles. The van der Waals surface area contributed by atoms with Crippen LogP contribution in [0.5, 0.6) is 0 Å². The van der Waals surface area contributed by atoms with E-state index >= 15 is 0 Å². The van der Waals surface area contributed by atoms with Crippen LogP contribution in [0.2, 0.25) is 0 Å². The van der Waals surface area contributed by atoms with E-state index in [2.05, 4.69) is 10.6 Å². The molecule has 0 fully saturated rings. The predicted molar refractivity (Wildman–Crippen MR) is 97.4 cm³/mol. The number of nitriles is 2. The first-order valence-electron chi connectivity index (χ1n) is 8.46. The number of benzene rings is 1. The van der Waals surface area contributed by atoms with Crippen LogP contribution in [-0.4, -0.2) is 36.8 Å². The van der Waals surface area contributed by atoms with Gasteiger partial charge in [-0.1, -0.05) is 12.1 Å². The highest BCUT2D eigenvalue weighted by Gasteiger charge is 2.19. The van der Waals surface area contributed by atoms with Crippen LogP contribution < -0.4 is 10.6 Å². The van der Waals surface area contributed by atoms with Crippen LogP contribution in [-0.2, 0) is 16.1 Å². The monoisotopic (exact) mass is 372 g/mol. The van der Waals surface area contributed by atoms with E-state index < -0.39 is 17.7 Å². The molecule has 8 heteroatoms. The molecule has 1 unspecified atom stereocenters. The van der Waals surface area contributed by atoms with E-state index in [1.807, 2.05) is 12.1 Å². The second-order valence-corrected chi connectivity index (χ2v) is 6.71. The van der Waals surface area contributed by atoms with E-state index in [1.165, 1.54) is 0 Å². The van der Waals surface area contributed by atoms with E-state index in [-0.39, 0.29) is 32.1 Å². The van der Waals surface area contributed by atoms with Gasteiger partial charge in [-0.25, -0.2) is 4.79 Å². The highest BCUT2D eigenvalue weighted by atomic mass is 16.6. The van der Waals surface area contributed by atoms with Crippen LogP contribution in [0.3, 0.4) is 0 Å². The Balaban J connectivity index is 2.50. The van der Waals surface area contributed by atoms with Gasteiger partial charge in [0, 0.05) is 12.1 Å². The molecule has 1 rings (SSSR count). The van der Waals surface area contributed by atoms with Gasteiger partial charge < -0.3 is 20.1 Å². The smallest absolute Gasteiger partial charge is 0.408 e. The zero-order valence-electron chi connectivity index (χ0n) is 15.7. The number of hydrogen-bond donors (Lipinski definition) is 2. The van der Waals surface area contributed by atoms with E-state index in [9.17, 15) is 9.59 Å². The lowest BCUT2D eigenvalue weighted by molar-refractivity contribution is 0.0462. The molecule has 2 amide bonds. The maximum Gasteiger partial charge on any atom is 0.408 e. The van der Waals surface area contributed by atoms with Crippen LogP contribution in [0.25, 0.3) is 0 Å². The number of carbonyl (C=O) groups is 2. The van der Waals surface area contributed by atoms with E-state index in [4.69, 9.17) is 20.0 Å². The van der Waals surface area contributed by atoms with Crippen molar-refractivity contribution in [3.8, 4) is 12.1 Å². The molecule has 1 atom stereocenters. The fourth-order valence-electron chi connectivity index (χ4n) is 1.99. The molecule has 0 spiro atoms. The number of ether oxygens (including phenoxy) is 2. The van der Waals surface area contributed by atoms with Gasteiger partial charge in [-0.15, -0.1) is 0 Å². The van der Waals surface area contributed by atoms with Gasteiger partial charge in [0.15, 0.2) is 0 Å². The first-order valence-corrected chi connectivity index (χ1v) is 8.46. The molecule has 2 N–H and O–H groups in total. The van der Waals surface area contributed by atoms with Gasteiger partial charge in [-0.05, 0) is 38.5 Å². The highest BCUT2D eigenvalue weighted by molar-refractivity contribution is 5.94. The van der Waals surface area contributed by atoms with Gasteiger partial charge in [-0.3, -0.25) is 4.79 Å². The highest BCUT2D eigenvalue weighted by Crippen LogP contribution is 2.08. The summed E-state index contributed by atoms with van der Waals surface area (Å²) in [6.07, 6.45) is -0.442.